The Morgan fingerprint density at radius 3 is 3.23 bits per heavy atom. The van der Waals surface area contributed by atoms with Gasteiger partial charge in [0.15, 0.2) is 0 Å². The molecule has 26 heavy (non-hydrogen) atoms. The van der Waals surface area contributed by atoms with Crippen LogP contribution in [0.2, 0.25) is 0 Å². The summed E-state index contributed by atoms with van der Waals surface area (Å²) in [4.78, 5) is 23.6. The van der Waals surface area contributed by atoms with E-state index in [0.717, 1.165) is 28.1 Å². The van der Waals surface area contributed by atoms with Gasteiger partial charge >= 0.3 is 0 Å². The maximum atomic E-state index is 12.3. The Bertz CT molecular complexity index is 1020. The molecular weight excluding hydrogens is 384 g/mol. The minimum absolute atomic E-state index is 0.126. The van der Waals surface area contributed by atoms with Gasteiger partial charge in [0, 0.05) is 10.3 Å². The van der Waals surface area contributed by atoms with Crippen molar-refractivity contribution < 1.29 is 4.79 Å². The quantitative estimate of drug-likeness (QED) is 0.516. The molecular formula is C18H16N4OS3. The molecule has 1 aliphatic rings. The number of hydrogen-bond donors (Lipinski definition) is 1. The van der Waals surface area contributed by atoms with Crippen molar-refractivity contribution in [2.45, 2.75) is 31.2 Å². The molecule has 1 aliphatic carbocycles. The van der Waals surface area contributed by atoms with Crippen molar-refractivity contribution in [3.05, 3.63) is 33.8 Å². The number of nitrogens with zero attached hydrogens (tertiary/aromatic N) is 3. The Morgan fingerprint density at radius 2 is 2.38 bits per heavy atom. The van der Waals surface area contributed by atoms with E-state index in [9.17, 15) is 4.79 Å². The van der Waals surface area contributed by atoms with Crippen molar-refractivity contribution >= 4 is 55.6 Å². The number of carbonyl (C=O) groups excluding carboxylic acids is 1. The number of nitriles is 1. The van der Waals surface area contributed by atoms with E-state index in [1.165, 1.54) is 40.0 Å². The molecule has 1 N–H and O–H groups in total. The number of hydrogen-bond acceptors (Lipinski definition) is 7. The molecule has 8 heteroatoms. The van der Waals surface area contributed by atoms with Gasteiger partial charge in [0.25, 0.3) is 0 Å². The number of fused-ring (bicyclic) bond motifs is 3. The van der Waals surface area contributed by atoms with Crippen molar-refractivity contribution in [3.63, 3.8) is 0 Å². The Kier molecular flexibility index (Phi) is 4.94. The van der Waals surface area contributed by atoms with E-state index >= 15 is 0 Å². The lowest BCUT2D eigenvalue weighted by molar-refractivity contribution is -0.113. The van der Waals surface area contributed by atoms with Crippen LogP contribution >= 0.6 is 34.4 Å². The molecule has 0 unspecified atom stereocenters. The number of amides is 1. The SMILES string of the molecule is C[C@H]1CCc2c(sc3ncnc(SCC(=O)Nc4sccc4C#N)c23)C1. The van der Waals surface area contributed by atoms with E-state index in [1.54, 1.807) is 29.1 Å². The predicted octanol–water partition coefficient (Wildman–Crippen LogP) is 4.48. The standard InChI is InChI=1S/C18H16N4OS3/c1-10-2-3-12-13(6-10)26-18-15(12)17(20-9-21-18)25-8-14(23)22-16-11(7-19)4-5-24-16/h4-5,9-10H,2-3,6,8H2,1H3,(H,22,23)/t10-/m0/s1. The third kappa shape index (κ3) is 3.34. The third-order valence-corrected chi connectivity index (χ3v) is 7.42. The van der Waals surface area contributed by atoms with E-state index in [4.69, 9.17) is 5.26 Å². The molecule has 0 fully saturated rings. The van der Waals surface area contributed by atoms with Gasteiger partial charge in [-0.3, -0.25) is 4.79 Å². The second-order valence-electron chi connectivity index (χ2n) is 6.32. The van der Waals surface area contributed by atoms with Crippen LogP contribution in [0, 0.1) is 17.2 Å². The first-order valence-corrected chi connectivity index (χ1v) is 11.0. The van der Waals surface area contributed by atoms with Crippen LogP contribution in [-0.2, 0) is 17.6 Å². The highest BCUT2D eigenvalue weighted by molar-refractivity contribution is 8.00. The van der Waals surface area contributed by atoms with Crippen molar-refractivity contribution in [3.8, 4) is 6.07 Å². The topological polar surface area (TPSA) is 78.7 Å². The molecule has 0 aromatic carbocycles. The number of thioether (sulfide) groups is 1. The molecule has 0 saturated carbocycles. The summed E-state index contributed by atoms with van der Waals surface area (Å²) in [6, 6.07) is 3.79. The summed E-state index contributed by atoms with van der Waals surface area (Å²) >= 11 is 4.56. The smallest absolute Gasteiger partial charge is 0.235 e. The lowest BCUT2D eigenvalue weighted by atomic mass is 9.89. The zero-order valence-electron chi connectivity index (χ0n) is 14.1. The Hall–Kier alpha value is -1.95. The van der Waals surface area contributed by atoms with Crippen LogP contribution in [0.15, 0.2) is 22.8 Å². The van der Waals surface area contributed by atoms with Crippen molar-refractivity contribution in [1.29, 1.82) is 5.26 Å². The fourth-order valence-electron chi connectivity index (χ4n) is 3.15. The van der Waals surface area contributed by atoms with Gasteiger partial charge in [-0.2, -0.15) is 5.26 Å². The first kappa shape index (κ1) is 17.5. The monoisotopic (exact) mass is 400 g/mol. The highest BCUT2D eigenvalue weighted by Crippen LogP contribution is 2.40. The van der Waals surface area contributed by atoms with Crippen LogP contribution in [0.5, 0.6) is 0 Å². The fraction of sp³-hybridized carbons (Fsp3) is 0.333. The van der Waals surface area contributed by atoms with Gasteiger partial charge in [-0.05, 0) is 42.2 Å². The first-order valence-electron chi connectivity index (χ1n) is 8.31. The van der Waals surface area contributed by atoms with Crippen molar-refractivity contribution in [2.75, 3.05) is 11.1 Å². The molecule has 5 nitrogen and oxygen atoms in total. The number of aryl methyl sites for hydroxylation is 1. The zero-order valence-corrected chi connectivity index (χ0v) is 16.6. The number of carbonyl (C=O) groups is 1. The normalized spacial score (nSPS) is 16.2. The maximum absolute atomic E-state index is 12.3. The zero-order chi connectivity index (χ0) is 18.1. The van der Waals surface area contributed by atoms with E-state index < -0.39 is 0 Å². The fourth-order valence-corrected chi connectivity index (χ4v) is 6.14. The summed E-state index contributed by atoms with van der Waals surface area (Å²) in [5.74, 6) is 0.847. The van der Waals surface area contributed by atoms with Crippen LogP contribution in [0.3, 0.4) is 0 Å². The molecule has 132 valence electrons. The number of thiophene rings is 2. The van der Waals surface area contributed by atoms with E-state index in [-0.39, 0.29) is 11.7 Å². The number of rotatable bonds is 4. The number of nitrogens with one attached hydrogen (secondary N) is 1. The highest BCUT2D eigenvalue weighted by atomic mass is 32.2. The molecule has 1 amide bonds. The van der Waals surface area contributed by atoms with E-state index in [0.29, 0.717) is 16.5 Å². The summed E-state index contributed by atoms with van der Waals surface area (Å²) < 4.78 is 0. The van der Waals surface area contributed by atoms with E-state index in [2.05, 4.69) is 28.3 Å². The summed E-state index contributed by atoms with van der Waals surface area (Å²) in [6.07, 6.45) is 4.94. The number of aromatic nitrogens is 2. The summed E-state index contributed by atoms with van der Waals surface area (Å²) in [6.45, 7) is 2.29. The predicted molar refractivity (Wildman–Crippen MR) is 107 cm³/mol. The van der Waals surface area contributed by atoms with Crippen molar-refractivity contribution in [1.82, 2.24) is 9.97 Å². The molecule has 0 radical (unpaired) electrons. The average Bonchev–Trinajstić information content (AvgIpc) is 3.23. The summed E-state index contributed by atoms with van der Waals surface area (Å²) in [5, 5.41) is 16.3. The van der Waals surface area contributed by atoms with Crippen molar-refractivity contribution in [2.24, 2.45) is 5.92 Å². The molecule has 0 spiro atoms. The number of anilines is 1. The maximum Gasteiger partial charge on any atom is 0.235 e. The second-order valence-corrected chi connectivity index (χ2v) is 9.29. The van der Waals surface area contributed by atoms with Gasteiger partial charge in [-0.25, -0.2) is 9.97 Å². The van der Waals surface area contributed by atoms with Crippen LogP contribution < -0.4 is 5.32 Å². The molecule has 0 saturated heterocycles. The molecule has 1 atom stereocenters. The average molecular weight is 401 g/mol. The highest BCUT2D eigenvalue weighted by Gasteiger charge is 2.23. The largest absolute Gasteiger partial charge is 0.316 e. The lowest BCUT2D eigenvalue weighted by Gasteiger charge is -2.18. The Balaban J connectivity index is 1.53. The molecule has 3 aromatic heterocycles. The molecule has 0 aliphatic heterocycles. The van der Waals surface area contributed by atoms with Gasteiger partial charge in [-0.1, -0.05) is 18.7 Å². The second kappa shape index (κ2) is 7.35. The first-order chi connectivity index (χ1) is 12.7. The molecule has 3 heterocycles. The summed E-state index contributed by atoms with van der Waals surface area (Å²) in [7, 11) is 0. The van der Waals surface area contributed by atoms with Gasteiger partial charge in [-0.15, -0.1) is 22.7 Å². The van der Waals surface area contributed by atoms with Crippen LogP contribution in [0.25, 0.3) is 10.2 Å². The van der Waals surface area contributed by atoms with Crippen LogP contribution in [-0.4, -0.2) is 21.6 Å². The Labute approximate surface area is 163 Å². The molecule has 0 bridgehead atoms. The van der Waals surface area contributed by atoms with Gasteiger partial charge in [0.1, 0.15) is 27.3 Å². The van der Waals surface area contributed by atoms with Gasteiger partial charge in [0.2, 0.25) is 5.91 Å². The van der Waals surface area contributed by atoms with Gasteiger partial charge < -0.3 is 5.32 Å². The van der Waals surface area contributed by atoms with Gasteiger partial charge in [0.05, 0.1) is 11.3 Å². The van der Waals surface area contributed by atoms with Crippen LogP contribution in [0.1, 0.15) is 29.3 Å². The minimum atomic E-state index is -0.126. The lowest BCUT2D eigenvalue weighted by Crippen LogP contribution is -2.14. The van der Waals surface area contributed by atoms with E-state index in [1.807, 2.05) is 0 Å². The Morgan fingerprint density at radius 1 is 1.50 bits per heavy atom. The molecule has 3 aromatic rings. The van der Waals surface area contributed by atoms with Crippen LogP contribution in [0.4, 0.5) is 5.00 Å². The summed E-state index contributed by atoms with van der Waals surface area (Å²) in [5.41, 5.74) is 1.87. The minimum Gasteiger partial charge on any atom is -0.316 e. The molecule has 4 rings (SSSR count). The third-order valence-electron chi connectivity index (χ3n) is 4.44.